The number of nitrogens with zero attached hydrogens (tertiary/aromatic N) is 3. The van der Waals surface area contributed by atoms with E-state index in [0.717, 1.165) is 5.56 Å². The first kappa shape index (κ1) is 18.1. The molecule has 0 fully saturated rings. The van der Waals surface area contributed by atoms with E-state index in [0.29, 0.717) is 16.1 Å². The van der Waals surface area contributed by atoms with Crippen molar-refractivity contribution in [2.45, 2.75) is 37.2 Å². The van der Waals surface area contributed by atoms with Crippen LogP contribution in [0.15, 0.2) is 58.5 Å². The van der Waals surface area contributed by atoms with E-state index in [1.54, 1.807) is 22.8 Å². The van der Waals surface area contributed by atoms with Gasteiger partial charge in [0.15, 0.2) is 5.16 Å². The highest BCUT2D eigenvalue weighted by Gasteiger charge is 2.18. The standard InChI is InChI=1S/C19H19N3O3S/c1-12(2)21-18(23)16-9-4-5-10-17(16)20-19(21)26-13(3)14-7-6-8-15(11-14)22(24)25/h4-13H,1-3H3. The molecule has 2 aromatic carbocycles. The van der Waals surface area contributed by atoms with Crippen molar-refractivity contribution in [2.75, 3.05) is 0 Å². The molecule has 0 bridgehead atoms. The fraction of sp³-hybridized carbons (Fsp3) is 0.263. The second kappa shape index (κ2) is 7.29. The predicted molar refractivity (Wildman–Crippen MR) is 104 cm³/mol. The lowest BCUT2D eigenvalue weighted by Gasteiger charge is -2.18. The fourth-order valence-electron chi connectivity index (χ4n) is 2.78. The van der Waals surface area contributed by atoms with Gasteiger partial charge in [0.25, 0.3) is 11.2 Å². The summed E-state index contributed by atoms with van der Waals surface area (Å²) in [7, 11) is 0. The molecule has 0 aliphatic rings. The topological polar surface area (TPSA) is 78.0 Å². The highest BCUT2D eigenvalue weighted by atomic mass is 32.2. The zero-order valence-corrected chi connectivity index (χ0v) is 15.6. The van der Waals surface area contributed by atoms with Gasteiger partial charge in [-0.15, -0.1) is 0 Å². The number of nitro benzene ring substituents is 1. The van der Waals surface area contributed by atoms with E-state index in [1.165, 1.54) is 17.8 Å². The average molecular weight is 369 g/mol. The number of nitro groups is 1. The molecule has 134 valence electrons. The van der Waals surface area contributed by atoms with Gasteiger partial charge in [-0.3, -0.25) is 19.5 Å². The zero-order chi connectivity index (χ0) is 18.8. The molecule has 0 radical (unpaired) electrons. The first-order valence-corrected chi connectivity index (χ1v) is 9.18. The van der Waals surface area contributed by atoms with Crippen molar-refractivity contribution in [1.29, 1.82) is 0 Å². The van der Waals surface area contributed by atoms with Gasteiger partial charge in [-0.2, -0.15) is 0 Å². The largest absolute Gasteiger partial charge is 0.285 e. The molecular formula is C19H19N3O3S. The summed E-state index contributed by atoms with van der Waals surface area (Å²) in [5.41, 5.74) is 1.46. The highest BCUT2D eigenvalue weighted by molar-refractivity contribution is 7.99. The predicted octanol–water partition coefficient (Wildman–Crippen LogP) is 4.74. The van der Waals surface area contributed by atoms with Gasteiger partial charge in [-0.25, -0.2) is 4.98 Å². The van der Waals surface area contributed by atoms with Gasteiger partial charge in [-0.1, -0.05) is 36.0 Å². The quantitative estimate of drug-likeness (QED) is 0.281. The van der Waals surface area contributed by atoms with Crippen molar-refractivity contribution in [1.82, 2.24) is 9.55 Å². The molecule has 26 heavy (non-hydrogen) atoms. The monoisotopic (exact) mass is 369 g/mol. The molecule has 7 heteroatoms. The minimum Gasteiger partial charge on any atom is -0.285 e. The summed E-state index contributed by atoms with van der Waals surface area (Å²) in [6, 6.07) is 13.8. The van der Waals surface area contributed by atoms with Crippen molar-refractivity contribution in [3.8, 4) is 0 Å². The van der Waals surface area contributed by atoms with Crippen LogP contribution in [0.3, 0.4) is 0 Å². The molecular weight excluding hydrogens is 350 g/mol. The molecule has 0 aliphatic heterocycles. The lowest BCUT2D eigenvalue weighted by molar-refractivity contribution is -0.384. The molecule has 1 unspecified atom stereocenters. The molecule has 0 spiro atoms. The maximum absolute atomic E-state index is 12.9. The van der Waals surface area contributed by atoms with Crippen molar-refractivity contribution in [3.05, 3.63) is 74.6 Å². The van der Waals surface area contributed by atoms with Gasteiger partial charge in [0, 0.05) is 23.4 Å². The molecule has 0 amide bonds. The molecule has 1 heterocycles. The summed E-state index contributed by atoms with van der Waals surface area (Å²) >= 11 is 1.43. The Morgan fingerprint density at radius 2 is 1.85 bits per heavy atom. The summed E-state index contributed by atoms with van der Waals surface area (Å²) in [6.45, 7) is 5.84. The molecule has 6 nitrogen and oxygen atoms in total. The number of benzene rings is 2. The first-order chi connectivity index (χ1) is 12.4. The third kappa shape index (κ3) is 3.48. The Bertz CT molecular complexity index is 1030. The summed E-state index contributed by atoms with van der Waals surface area (Å²) in [5.74, 6) is 0. The van der Waals surface area contributed by atoms with E-state index in [2.05, 4.69) is 4.98 Å². The van der Waals surface area contributed by atoms with Gasteiger partial charge in [0.2, 0.25) is 0 Å². The number of non-ortho nitro benzene ring substituents is 1. The number of fused-ring (bicyclic) bond motifs is 1. The van der Waals surface area contributed by atoms with Gasteiger partial charge in [-0.05, 0) is 38.5 Å². The highest BCUT2D eigenvalue weighted by Crippen LogP contribution is 2.35. The van der Waals surface area contributed by atoms with E-state index in [4.69, 9.17) is 0 Å². The van der Waals surface area contributed by atoms with Crippen molar-refractivity contribution >= 4 is 28.4 Å². The van der Waals surface area contributed by atoms with Gasteiger partial charge < -0.3 is 0 Å². The summed E-state index contributed by atoms with van der Waals surface area (Å²) in [6.07, 6.45) is 0. The van der Waals surface area contributed by atoms with Gasteiger partial charge in [0.1, 0.15) is 0 Å². The van der Waals surface area contributed by atoms with Crippen LogP contribution in [0, 0.1) is 10.1 Å². The average Bonchev–Trinajstić information content (AvgIpc) is 2.61. The summed E-state index contributed by atoms with van der Waals surface area (Å²) in [5, 5.41) is 12.1. The SMILES string of the molecule is CC(Sc1nc2ccccc2c(=O)n1C(C)C)c1cccc([N+](=O)[O-])c1. The molecule has 1 atom stereocenters. The van der Waals surface area contributed by atoms with Crippen LogP contribution in [0.25, 0.3) is 10.9 Å². The molecule has 0 aliphatic carbocycles. The normalized spacial score (nSPS) is 12.5. The number of rotatable bonds is 5. The van der Waals surface area contributed by atoms with Crippen LogP contribution in [-0.2, 0) is 0 Å². The lowest BCUT2D eigenvalue weighted by atomic mass is 10.1. The second-order valence-corrected chi connectivity index (χ2v) is 7.60. The van der Waals surface area contributed by atoms with Crippen LogP contribution < -0.4 is 5.56 Å². The van der Waals surface area contributed by atoms with Crippen molar-refractivity contribution in [3.63, 3.8) is 0 Å². The smallest absolute Gasteiger partial charge is 0.269 e. The summed E-state index contributed by atoms with van der Waals surface area (Å²) < 4.78 is 1.68. The van der Waals surface area contributed by atoms with E-state index in [9.17, 15) is 14.9 Å². The van der Waals surface area contributed by atoms with Gasteiger partial charge in [0.05, 0.1) is 15.8 Å². The minimum absolute atomic E-state index is 0.0422. The van der Waals surface area contributed by atoms with Crippen molar-refractivity contribution in [2.24, 2.45) is 0 Å². The molecule has 3 rings (SSSR count). The number of para-hydroxylation sites is 1. The Morgan fingerprint density at radius 1 is 1.12 bits per heavy atom. The van der Waals surface area contributed by atoms with Crippen LogP contribution in [-0.4, -0.2) is 14.5 Å². The third-order valence-corrected chi connectivity index (χ3v) is 5.25. The fourth-order valence-corrected chi connectivity index (χ4v) is 3.94. The Kier molecular flexibility index (Phi) is 5.08. The zero-order valence-electron chi connectivity index (χ0n) is 14.7. The molecule has 0 saturated carbocycles. The van der Waals surface area contributed by atoms with Crippen LogP contribution in [0.4, 0.5) is 5.69 Å². The van der Waals surface area contributed by atoms with Crippen LogP contribution >= 0.6 is 11.8 Å². The maximum Gasteiger partial charge on any atom is 0.269 e. The van der Waals surface area contributed by atoms with Crippen LogP contribution in [0.5, 0.6) is 0 Å². The second-order valence-electron chi connectivity index (χ2n) is 6.29. The number of aromatic nitrogens is 2. The number of hydrogen-bond donors (Lipinski definition) is 0. The van der Waals surface area contributed by atoms with Crippen LogP contribution in [0.1, 0.15) is 37.6 Å². The molecule has 0 N–H and O–H groups in total. The van der Waals surface area contributed by atoms with E-state index < -0.39 is 4.92 Å². The van der Waals surface area contributed by atoms with Gasteiger partial charge >= 0.3 is 0 Å². The Balaban J connectivity index is 2.05. The van der Waals surface area contributed by atoms with Crippen LogP contribution in [0.2, 0.25) is 0 Å². The molecule has 0 saturated heterocycles. The maximum atomic E-state index is 12.9. The number of thioether (sulfide) groups is 1. The van der Waals surface area contributed by atoms with E-state index >= 15 is 0 Å². The first-order valence-electron chi connectivity index (χ1n) is 8.30. The lowest BCUT2D eigenvalue weighted by Crippen LogP contribution is -2.25. The Hall–Kier alpha value is -2.67. The Morgan fingerprint density at radius 3 is 2.54 bits per heavy atom. The third-order valence-electron chi connectivity index (χ3n) is 4.12. The number of hydrogen-bond acceptors (Lipinski definition) is 5. The summed E-state index contributed by atoms with van der Waals surface area (Å²) in [4.78, 5) is 28.2. The van der Waals surface area contributed by atoms with E-state index in [1.807, 2.05) is 45.0 Å². The Labute approximate surface area is 155 Å². The molecule has 1 aromatic heterocycles. The van der Waals surface area contributed by atoms with E-state index in [-0.39, 0.29) is 22.5 Å². The molecule has 3 aromatic rings. The minimum atomic E-state index is -0.404. The van der Waals surface area contributed by atoms with Crippen molar-refractivity contribution < 1.29 is 4.92 Å².